The Bertz CT molecular complexity index is 606. The quantitative estimate of drug-likeness (QED) is 0.826. The van der Waals surface area contributed by atoms with Gasteiger partial charge in [-0.15, -0.1) is 10.2 Å². The molecule has 0 bridgehead atoms. The third-order valence-electron chi connectivity index (χ3n) is 2.83. The van der Waals surface area contributed by atoms with Crippen molar-refractivity contribution in [2.75, 3.05) is 6.54 Å². The third kappa shape index (κ3) is 4.10. The van der Waals surface area contributed by atoms with Gasteiger partial charge in [-0.2, -0.15) is 0 Å². The van der Waals surface area contributed by atoms with Gasteiger partial charge in [0.1, 0.15) is 5.76 Å². The first-order chi connectivity index (χ1) is 9.97. The molecular weight excluding hydrogens is 290 g/mol. The van der Waals surface area contributed by atoms with E-state index in [1.54, 1.807) is 12.3 Å². The zero-order chi connectivity index (χ0) is 15.4. The van der Waals surface area contributed by atoms with Crippen LogP contribution in [-0.4, -0.2) is 27.9 Å². The summed E-state index contributed by atoms with van der Waals surface area (Å²) in [7, 11) is 0. The van der Waals surface area contributed by atoms with E-state index in [2.05, 4.69) is 29.4 Å². The van der Waals surface area contributed by atoms with Crippen molar-refractivity contribution in [2.45, 2.75) is 38.2 Å². The lowest BCUT2D eigenvalue weighted by Gasteiger charge is -2.11. The maximum atomic E-state index is 11.9. The van der Waals surface area contributed by atoms with E-state index in [0.717, 1.165) is 11.3 Å². The smallest absolute Gasteiger partial charge is 0.277 e. The Hall–Kier alpha value is -1.76. The molecule has 0 aliphatic heterocycles. The molecule has 0 saturated heterocycles. The standard InChI is InChI=1S/C14H19N3O3S/c1-8(2)7-15-12(18)10(4)21-14-17-16-13(20-14)11-5-6-19-9(11)3/h5-6,8,10H,7H2,1-4H3,(H,15,18)/t10-/m0/s1. The number of rotatable bonds is 6. The summed E-state index contributed by atoms with van der Waals surface area (Å²) in [6, 6.07) is 1.77. The molecule has 0 saturated carbocycles. The molecule has 2 aromatic heterocycles. The molecule has 0 spiro atoms. The number of hydrogen-bond donors (Lipinski definition) is 1. The molecule has 6 nitrogen and oxygen atoms in total. The molecule has 7 heteroatoms. The van der Waals surface area contributed by atoms with Gasteiger partial charge in [0.05, 0.1) is 17.1 Å². The number of aryl methyl sites for hydroxylation is 1. The molecule has 0 unspecified atom stereocenters. The van der Waals surface area contributed by atoms with Crippen molar-refractivity contribution in [2.24, 2.45) is 5.92 Å². The van der Waals surface area contributed by atoms with E-state index >= 15 is 0 Å². The van der Waals surface area contributed by atoms with E-state index in [1.807, 2.05) is 13.8 Å². The molecular formula is C14H19N3O3S. The van der Waals surface area contributed by atoms with Gasteiger partial charge in [-0.25, -0.2) is 0 Å². The van der Waals surface area contributed by atoms with Gasteiger partial charge >= 0.3 is 0 Å². The summed E-state index contributed by atoms with van der Waals surface area (Å²) < 4.78 is 10.8. The van der Waals surface area contributed by atoms with Gasteiger partial charge in [0.25, 0.3) is 11.1 Å². The minimum atomic E-state index is -0.289. The predicted molar refractivity (Wildman–Crippen MR) is 79.9 cm³/mol. The predicted octanol–water partition coefficient (Wildman–Crippen LogP) is 2.89. The van der Waals surface area contributed by atoms with Crippen molar-refractivity contribution in [3.8, 4) is 11.5 Å². The first-order valence-electron chi connectivity index (χ1n) is 6.79. The van der Waals surface area contributed by atoms with E-state index in [-0.39, 0.29) is 11.2 Å². The second-order valence-electron chi connectivity index (χ2n) is 5.16. The van der Waals surface area contributed by atoms with Gasteiger partial charge in [0.15, 0.2) is 0 Å². The Balaban J connectivity index is 1.96. The summed E-state index contributed by atoms with van der Waals surface area (Å²) in [6.45, 7) is 8.40. The normalized spacial score (nSPS) is 12.6. The Kier molecular flexibility index (Phi) is 5.06. The second-order valence-corrected chi connectivity index (χ2v) is 6.45. The third-order valence-corrected chi connectivity index (χ3v) is 3.76. The van der Waals surface area contributed by atoms with Crippen molar-refractivity contribution in [1.82, 2.24) is 15.5 Å². The van der Waals surface area contributed by atoms with Gasteiger partial charge in [-0.1, -0.05) is 25.6 Å². The fourth-order valence-corrected chi connectivity index (χ4v) is 2.33. The number of nitrogens with zero attached hydrogens (tertiary/aromatic N) is 2. The topological polar surface area (TPSA) is 81.2 Å². The van der Waals surface area contributed by atoms with E-state index in [1.165, 1.54) is 11.8 Å². The lowest BCUT2D eigenvalue weighted by Crippen LogP contribution is -2.33. The van der Waals surface area contributed by atoms with Gasteiger partial charge < -0.3 is 14.2 Å². The van der Waals surface area contributed by atoms with E-state index < -0.39 is 0 Å². The van der Waals surface area contributed by atoms with Crippen LogP contribution in [0.25, 0.3) is 11.5 Å². The Labute approximate surface area is 127 Å². The largest absolute Gasteiger partial charge is 0.469 e. The highest BCUT2D eigenvalue weighted by atomic mass is 32.2. The minimum absolute atomic E-state index is 0.0343. The maximum Gasteiger partial charge on any atom is 0.277 e. The zero-order valence-electron chi connectivity index (χ0n) is 12.5. The molecule has 2 aromatic rings. The van der Waals surface area contributed by atoms with Crippen LogP contribution in [0.4, 0.5) is 0 Å². The highest BCUT2D eigenvalue weighted by molar-refractivity contribution is 8.00. The van der Waals surface area contributed by atoms with Crippen molar-refractivity contribution < 1.29 is 13.6 Å². The van der Waals surface area contributed by atoms with Crippen LogP contribution < -0.4 is 5.32 Å². The summed E-state index contributed by atoms with van der Waals surface area (Å²) in [5.41, 5.74) is 0.770. The first kappa shape index (κ1) is 15.6. The van der Waals surface area contributed by atoms with Crippen LogP contribution in [0.2, 0.25) is 0 Å². The Morgan fingerprint density at radius 1 is 1.38 bits per heavy atom. The lowest BCUT2D eigenvalue weighted by molar-refractivity contribution is -0.120. The van der Waals surface area contributed by atoms with Crippen LogP contribution >= 0.6 is 11.8 Å². The minimum Gasteiger partial charge on any atom is -0.469 e. The second kappa shape index (κ2) is 6.80. The molecule has 1 N–H and O–H groups in total. The van der Waals surface area contributed by atoms with Gasteiger partial charge in [0, 0.05) is 6.54 Å². The van der Waals surface area contributed by atoms with E-state index in [9.17, 15) is 4.79 Å². The molecule has 0 aromatic carbocycles. The molecule has 0 aliphatic carbocycles. The van der Waals surface area contributed by atoms with E-state index in [0.29, 0.717) is 23.6 Å². The summed E-state index contributed by atoms with van der Waals surface area (Å²) in [6.07, 6.45) is 1.57. The number of thioether (sulfide) groups is 1. The van der Waals surface area contributed by atoms with Crippen LogP contribution in [0.15, 0.2) is 26.4 Å². The monoisotopic (exact) mass is 309 g/mol. The summed E-state index contributed by atoms with van der Waals surface area (Å²) in [5.74, 6) is 1.51. The van der Waals surface area contributed by atoms with Gasteiger partial charge in [-0.3, -0.25) is 4.79 Å². The van der Waals surface area contributed by atoms with Crippen molar-refractivity contribution >= 4 is 17.7 Å². The van der Waals surface area contributed by atoms with Crippen LogP contribution in [0, 0.1) is 12.8 Å². The van der Waals surface area contributed by atoms with Crippen LogP contribution in [0.5, 0.6) is 0 Å². The maximum absolute atomic E-state index is 11.9. The summed E-state index contributed by atoms with van der Waals surface area (Å²) >= 11 is 1.24. The van der Waals surface area contributed by atoms with Gasteiger partial charge in [0.2, 0.25) is 5.91 Å². The molecule has 2 heterocycles. The SMILES string of the molecule is Cc1occc1-c1nnc(S[C@@H](C)C(=O)NCC(C)C)o1. The lowest BCUT2D eigenvalue weighted by atomic mass is 10.2. The molecule has 0 fully saturated rings. The van der Waals surface area contributed by atoms with Gasteiger partial charge in [-0.05, 0) is 25.8 Å². The number of hydrogen-bond acceptors (Lipinski definition) is 6. The molecule has 114 valence electrons. The average molecular weight is 309 g/mol. The fraction of sp³-hybridized carbons (Fsp3) is 0.500. The molecule has 2 rings (SSSR count). The Morgan fingerprint density at radius 2 is 2.14 bits per heavy atom. The van der Waals surface area contributed by atoms with Crippen LogP contribution in [0.3, 0.4) is 0 Å². The number of carbonyl (C=O) groups excluding carboxylic acids is 1. The van der Waals surface area contributed by atoms with E-state index in [4.69, 9.17) is 8.83 Å². The molecule has 21 heavy (non-hydrogen) atoms. The first-order valence-corrected chi connectivity index (χ1v) is 7.67. The number of nitrogens with one attached hydrogen (secondary N) is 1. The number of furan rings is 1. The van der Waals surface area contributed by atoms with Crippen molar-refractivity contribution in [3.05, 3.63) is 18.1 Å². The average Bonchev–Trinajstić information content (AvgIpc) is 3.04. The molecule has 1 amide bonds. The number of amides is 1. The molecule has 1 atom stereocenters. The summed E-state index contributed by atoms with van der Waals surface area (Å²) in [4.78, 5) is 11.9. The number of aromatic nitrogens is 2. The molecule has 0 aliphatic rings. The van der Waals surface area contributed by atoms with Crippen LogP contribution in [-0.2, 0) is 4.79 Å². The molecule has 0 radical (unpaired) electrons. The number of carbonyl (C=O) groups is 1. The fourth-order valence-electron chi connectivity index (χ4n) is 1.63. The van der Waals surface area contributed by atoms with Crippen molar-refractivity contribution in [3.63, 3.8) is 0 Å². The van der Waals surface area contributed by atoms with Crippen molar-refractivity contribution in [1.29, 1.82) is 0 Å². The summed E-state index contributed by atoms with van der Waals surface area (Å²) in [5, 5.41) is 10.9. The van der Waals surface area contributed by atoms with Crippen LogP contribution in [0.1, 0.15) is 26.5 Å². The highest BCUT2D eigenvalue weighted by Crippen LogP contribution is 2.28. The Morgan fingerprint density at radius 3 is 2.76 bits per heavy atom. The zero-order valence-corrected chi connectivity index (χ0v) is 13.4. The highest BCUT2D eigenvalue weighted by Gasteiger charge is 2.19.